The average Bonchev–Trinajstić information content (AvgIpc) is 2.95. The van der Waals surface area contributed by atoms with Gasteiger partial charge in [-0.05, 0) is 24.3 Å². The van der Waals surface area contributed by atoms with Crippen LogP contribution in [0.25, 0.3) is 5.65 Å². The van der Waals surface area contributed by atoms with Crippen LogP contribution in [0.2, 0.25) is 0 Å². The summed E-state index contributed by atoms with van der Waals surface area (Å²) in [6.45, 7) is 0. The van der Waals surface area contributed by atoms with E-state index in [-0.39, 0.29) is 5.97 Å². The number of hydrogen-bond donors (Lipinski definition) is 0. The van der Waals surface area contributed by atoms with Crippen molar-refractivity contribution in [3.63, 3.8) is 0 Å². The smallest absolute Gasteiger partial charge is 0.339 e. The Hall–Kier alpha value is -2.34. The molecular formula is C15H13N3O2S. The van der Waals surface area contributed by atoms with E-state index in [2.05, 4.69) is 10.2 Å². The van der Waals surface area contributed by atoms with E-state index in [1.54, 1.807) is 30.1 Å². The molecule has 0 bridgehead atoms. The molecule has 0 aliphatic rings. The SMILES string of the molecule is COC(=O)c1ccc2nnc(CSc3ccccc3)n2c1. The number of nitrogens with zero attached hydrogens (tertiary/aromatic N) is 3. The molecule has 3 rings (SSSR count). The molecule has 0 saturated heterocycles. The number of carbonyl (C=O) groups excluding carboxylic acids is 1. The summed E-state index contributed by atoms with van der Waals surface area (Å²) in [6, 6.07) is 13.5. The number of thioether (sulfide) groups is 1. The van der Waals surface area contributed by atoms with Gasteiger partial charge in [0.05, 0.1) is 18.4 Å². The molecule has 0 fully saturated rings. The molecule has 6 heteroatoms. The van der Waals surface area contributed by atoms with Crippen molar-refractivity contribution in [2.24, 2.45) is 0 Å². The molecule has 0 aliphatic heterocycles. The molecule has 0 aliphatic carbocycles. The fourth-order valence-corrected chi connectivity index (χ4v) is 2.78. The normalized spacial score (nSPS) is 10.7. The van der Waals surface area contributed by atoms with Crippen LogP contribution in [-0.4, -0.2) is 27.7 Å². The Kier molecular flexibility index (Phi) is 3.87. The first-order valence-electron chi connectivity index (χ1n) is 6.38. The molecule has 0 radical (unpaired) electrons. The summed E-state index contributed by atoms with van der Waals surface area (Å²) < 4.78 is 6.55. The summed E-state index contributed by atoms with van der Waals surface area (Å²) in [6.07, 6.45) is 1.71. The van der Waals surface area contributed by atoms with Gasteiger partial charge < -0.3 is 4.74 Å². The number of pyridine rings is 1. The third-order valence-corrected chi connectivity index (χ3v) is 4.01. The van der Waals surface area contributed by atoms with Crippen LogP contribution in [0.15, 0.2) is 53.6 Å². The van der Waals surface area contributed by atoms with Gasteiger partial charge in [-0.25, -0.2) is 4.79 Å². The van der Waals surface area contributed by atoms with Gasteiger partial charge in [-0.3, -0.25) is 4.40 Å². The van der Waals surface area contributed by atoms with Gasteiger partial charge in [0.2, 0.25) is 0 Å². The average molecular weight is 299 g/mol. The zero-order valence-electron chi connectivity index (χ0n) is 11.4. The lowest BCUT2D eigenvalue weighted by atomic mass is 10.3. The molecule has 2 heterocycles. The van der Waals surface area contributed by atoms with Gasteiger partial charge >= 0.3 is 5.97 Å². The number of ether oxygens (including phenoxy) is 1. The summed E-state index contributed by atoms with van der Waals surface area (Å²) in [5.74, 6) is 1.10. The Morgan fingerprint density at radius 2 is 2.00 bits per heavy atom. The molecule has 2 aromatic heterocycles. The highest BCUT2D eigenvalue weighted by molar-refractivity contribution is 7.98. The first kappa shape index (κ1) is 13.6. The van der Waals surface area contributed by atoms with Gasteiger partial charge in [0.25, 0.3) is 0 Å². The number of esters is 1. The van der Waals surface area contributed by atoms with Gasteiger partial charge in [0.1, 0.15) is 5.82 Å². The number of benzene rings is 1. The van der Waals surface area contributed by atoms with Crippen LogP contribution in [-0.2, 0) is 10.5 Å². The van der Waals surface area contributed by atoms with Crippen molar-refractivity contribution >= 4 is 23.4 Å². The predicted octanol–water partition coefficient (Wildman–Crippen LogP) is 2.81. The van der Waals surface area contributed by atoms with Gasteiger partial charge in [0, 0.05) is 11.1 Å². The monoisotopic (exact) mass is 299 g/mol. The summed E-state index contributed by atoms with van der Waals surface area (Å²) in [5, 5.41) is 8.28. The minimum Gasteiger partial charge on any atom is -0.465 e. The molecule has 1 aromatic carbocycles. The molecular weight excluding hydrogens is 286 g/mol. The molecule has 3 aromatic rings. The number of rotatable bonds is 4. The minimum absolute atomic E-state index is 0.368. The van der Waals surface area contributed by atoms with E-state index in [0.29, 0.717) is 17.0 Å². The molecule has 0 amide bonds. The van der Waals surface area contributed by atoms with E-state index in [0.717, 1.165) is 5.82 Å². The maximum absolute atomic E-state index is 11.6. The van der Waals surface area contributed by atoms with Gasteiger partial charge in [0.15, 0.2) is 5.65 Å². The van der Waals surface area contributed by atoms with Crippen molar-refractivity contribution in [2.75, 3.05) is 7.11 Å². The quantitative estimate of drug-likeness (QED) is 0.547. The fourth-order valence-electron chi connectivity index (χ4n) is 1.94. The number of carbonyl (C=O) groups is 1. The first-order chi connectivity index (χ1) is 10.3. The predicted molar refractivity (Wildman–Crippen MR) is 80.3 cm³/mol. The van der Waals surface area contributed by atoms with Gasteiger partial charge in [-0.2, -0.15) is 0 Å². The lowest BCUT2D eigenvalue weighted by molar-refractivity contribution is 0.0600. The highest BCUT2D eigenvalue weighted by Gasteiger charge is 2.10. The largest absolute Gasteiger partial charge is 0.465 e. The lowest BCUT2D eigenvalue weighted by Gasteiger charge is -2.03. The van der Waals surface area contributed by atoms with Crippen molar-refractivity contribution in [3.8, 4) is 0 Å². The second kappa shape index (κ2) is 5.97. The summed E-state index contributed by atoms with van der Waals surface area (Å²) in [7, 11) is 1.37. The van der Waals surface area contributed by atoms with Gasteiger partial charge in [-0.15, -0.1) is 22.0 Å². The topological polar surface area (TPSA) is 56.5 Å². The fraction of sp³-hybridized carbons (Fsp3) is 0.133. The molecule has 0 atom stereocenters. The maximum Gasteiger partial charge on any atom is 0.339 e. The lowest BCUT2D eigenvalue weighted by Crippen LogP contribution is -2.03. The molecule has 106 valence electrons. The Morgan fingerprint density at radius 1 is 1.19 bits per heavy atom. The second-order valence-corrected chi connectivity index (χ2v) is 5.40. The molecule has 5 nitrogen and oxygen atoms in total. The third kappa shape index (κ3) is 2.90. The standard InChI is InChI=1S/C15H13N3O2S/c1-20-15(19)11-7-8-13-16-17-14(18(13)9-11)10-21-12-5-3-2-4-6-12/h2-9H,10H2,1H3. The number of fused-ring (bicyclic) bond motifs is 1. The Morgan fingerprint density at radius 3 is 2.76 bits per heavy atom. The van der Waals surface area contributed by atoms with Crippen LogP contribution in [0.3, 0.4) is 0 Å². The van der Waals surface area contributed by atoms with Gasteiger partial charge in [-0.1, -0.05) is 18.2 Å². The first-order valence-corrected chi connectivity index (χ1v) is 7.36. The van der Waals surface area contributed by atoms with Crippen LogP contribution in [0.5, 0.6) is 0 Å². The van der Waals surface area contributed by atoms with Crippen LogP contribution in [0.1, 0.15) is 16.2 Å². The molecule has 0 unspecified atom stereocenters. The van der Waals surface area contributed by atoms with E-state index in [9.17, 15) is 4.79 Å². The van der Waals surface area contributed by atoms with Crippen molar-refractivity contribution in [1.29, 1.82) is 0 Å². The zero-order valence-corrected chi connectivity index (χ0v) is 12.2. The number of aromatic nitrogens is 3. The minimum atomic E-state index is -0.368. The van der Waals surface area contributed by atoms with Crippen molar-refractivity contribution in [2.45, 2.75) is 10.6 Å². The van der Waals surface area contributed by atoms with Crippen LogP contribution < -0.4 is 0 Å². The molecule has 21 heavy (non-hydrogen) atoms. The highest BCUT2D eigenvalue weighted by atomic mass is 32.2. The summed E-state index contributed by atoms with van der Waals surface area (Å²) in [5.41, 5.74) is 1.20. The van der Waals surface area contributed by atoms with Crippen LogP contribution in [0, 0.1) is 0 Å². The highest BCUT2D eigenvalue weighted by Crippen LogP contribution is 2.22. The van der Waals surface area contributed by atoms with E-state index < -0.39 is 0 Å². The van der Waals surface area contributed by atoms with Crippen molar-refractivity contribution < 1.29 is 9.53 Å². The Balaban J connectivity index is 1.86. The zero-order chi connectivity index (χ0) is 14.7. The Labute approximate surface area is 126 Å². The third-order valence-electron chi connectivity index (χ3n) is 3.01. The van der Waals surface area contributed by atoms with E-state index in [1.807, 2.05) is 34.7 Å². The van der Waals surface area contributed by atoms with E-state index in [1.165, 1.54) is 12.0 Å². The number of methoxy groups -OCH3 is 1. The van der Waals surface area contributed by atoms with E-state index in [4.69, 9.17) is 4.74 Å². The molecule has 0 spiro atoms. The maximum atomic E-state index is 11.6. The molecule has 0 saturated carbocycles. The Bertz CT molecular complexity index is 771. The van der Waals surface area contributed by atoms with Crippen LogP contribution >= 0.6 is 11.8 Å². The van der Waals surface area contributed by atoms with Crippen LogP contribution in [0.4, 0.5) is 0 Å². The number of hydrogen-bond acceptors (Lipinski definition) is 5. The van der Waals surface area contributed by atoms with Crippen molar-refractivity contribution in [1.82, 2.24) is 14.6 Å². The summed E-state index contributed by atoms with van der Waals surface area (Å²) in [4.78, 5) is 12.8. The second-order valence-electron chi connectivity index (χ2n) is 4.36. The van der Waals surface area contributed by atoms with E-state index >= 15 is 0 Å². The molecule has 0 N–H and O–H groups in total. The summed E-state index contributed by atoms with van der Waals surface area (Å²) >= 11 is 1.67. The van der Waals surface area contributed by atoms with Crippen molar-refractivity contribution in [3.05, 3.63) is 60.0 Å².